The Hall–Kier alpha value is -1.94. The predicted octanol–water partition coefficient (Wildman–Crippen LogP) is 1.24. The van der Waals surface area contributed by atoms with Gasteiger partial charge in [0.2, 0.25) is 0 Å². The summed E-state index contributed by atoms with van der Waals surface area (Å²) in [6.07, 6.45) is 0. The first-order valence-electron chi connectivity index (χ1n) is 4.93. The summed E-state index contributed by atoms with van der Waals surface area (Å²) in [7, 11) is 1.57. The molecular formula is C10H13F2N5. The lowest BCUT2D eigenvalue weighted by molar-refractivity contribution is 0.569. The first-order chi connectivity index (χ1) is 7.99. The van der Waals surface area contributed by atoms with Crippen LogP contribution in [0.5, 0.6) is 0 Å². The van der Waals surface area contributed by atoms with Crippen molar-refractivity contribution in [3.8, 4) is 6.07 Å². The molecule has 0 amide bonds. The van der Waals surface area contributed by atoms with Gasteiger partial charge >= 0.3 is 0 Å². The summed E-state index contributed by atoms with van der Waals surface area (Å²) in [6.45, 7) is 1.98. The van der Waals surface area contributed by atoms with E-state index in [-0.39, 0.29) is 24.1 Å². The average molecular weight is 241 g/mol. The second-order valence-electron chi connectivity index (χ2n) is 3.68. The first kappa shape index (κ1) is 13.1. The van der Waals surface area contributed by atoms with E-state index in [1.54, 1.807) is 14.0 Å². The number of hydrogen-bond acceptors (Lipinski definition) is 5. The third-order valence-corrected chi connectivity index (χ3v) is 2.18. The number of nitriles is 1. The maximum absolute atomic E-state index is 13.5. The number of hydrazine groups is 1. The Kier molecular flexibility index (Phi) is 4.17. The number of nitrogens with zero attached hydrogens (tertiary/aromatic N) is 3. The molecule has 1 heterocycles. The second kappa shape index (κ2) is 5.41. The van der Waals surface area contributed by atoms with Gasteiger partial charge in [0.1, 0.15) is 0 Å². The second-order valence-corrected chi connectivity index (χ2v) is 3.68. The maximum Gasteiger partial charge on any atom is 0.178 e. The standard InChI is InChI=1S/C10H13F2N5/c1-6(4-13)5-17(2)10-8(12)3-7(11)9(15-10)16-14/h3,6H,5,14H2,1-2H3,(H,15,16). The van der Waals surface area contributed by atoms with Gasteiger partial charge in [0.05, 0.1) is 12.0 Å². The molecule has 0 saturated carbocycles. The van der Waals surface area contributed by atoms with Crippen molar-refractivity contribution in [2.45, 2.75) is 6.92 Å². The third kappa shape index (κ3) is 3.01. The van der Waals surface area contributed by atoms with Crippen LogP contribution >= 0.6 is 0 Å². The van der Waals surface area contributed by atoms with Crippen molar-refractivity contribution in [1.82, 2.24) is 4.98 Å². The van der Waals surface area contributed by atoms with Crippen molar-refractivity contribution in [2.24, 2.45) is 11.8 Å². The molecule has 92 valence electrons. The van der Waals surface area contributed by atoms with Crippen LogP contribution < -0.4 is 16.2 Å². The minimum atomic E-state index is -0.865. The van der Waals surface area contributed by atoms with Crippen LogP contribution in [0.2, 0.25) is 0 Å². The van der Waals surface area contributed by atoms with Crippen molar-refractivity contribution in [3.05, 3.63) is 17.7 Å². The highest BCUT2D eigenvalue weighted by Crippen LogP contribution is 2.21. The van der Waals surface area contributed by atoms with Gasteiger partial charge in [-0.1, -0.05) is 0 Å². The van der Waals surface area contributed by atoms with Gasteiger partial charge in [0, 0.05) is 19.7 Å². The lowest BCUT2D eigenvalue weighted by Gasteiger charge is -2.20. The summed E-state index contributed by atoms with van der Waals surface area (Å²) >= 11 is 0. The Morgan fingerprint density at radius 3 is 2.76 bits per heavy atom. The largest absolute Gasteiger partial charge is 0.356 e. The molecule has 0 aromatic carbocycles. The molecule has 0 fully saturated rings. The van der Waals surface area contributed by atoms with Crippen LogP contribution in [-0.2, 0) is 0 Å². The Bertz CT molecular complexity index is 443. The number of pyridine rings is 1. The maximum atomic E-state index is 13.5. The number of nitrogens with one attached hydrogen (secondary N) is 1. The SMILES string of the molecule is CC(C#N)CN(C)c1nc(NN)c(F)cc1F. The Balaban J connectivity index is 3.01. The quantitative estimate of drug-likeness (QED) is 0.612. The van der Waals surface area contributed by atoms with Gasteiger partial charge < -0.3 is 10.3 Å². The Morgan fingerprint density at radius 1 is 1.59 bits per heavy atom. The monoisotopic (exact) mass is 241 g/mol. The highest BCUT2D eigenvalue weighted by atomic mass is 19.1. The fraction of sp³-hybridized carbons (Fsp3) is 0.400. The molecule has 3 N–H and O–H groups in total. The lowest BCUT2D eigenvalue weighted by atomic mass is 10.2. The molecule has 5 nitrogen and oxygen atoms in total. The van der Waals surface area contributed by atoms with Crippen molar-refractivity contribution in [1.29, 1.82) is 5.26 Å². The van der Waals surface area contributed by atoms with Gasteiger partial charge in [0.25, 0.3) is 0 Å². The number of hydrogen-bond donors (Lipinski definition) is 2. The number of rotatable bonds is 4. The van der Waals surface area contributed by atoms with Gasteiger partial charge in [-0.3, -0.25) is 0 Å². The summed E-state index contributed by atoms with van der Waals surface area (Å²) in [5.41, 5.74) is 2.04. The zero-order valence-electron chi connectivity index (χ0n) is 9.54. The molecule has 0 spiro atoms. The van der Waals surface area contributed by atoms with E-state index < -0.39 is 11.6 Å². The van der Waals surface area contributed by atoms with E-state index in [2.05, 4.69) is 4.98 Å². The molecule has 17 heavy (non-hydrogen) atoms. The predicted molar refractivity (Wildman–Crippen MR) is 60.0 cm³/mol. The number of aromatic nitrogens is 1. The molecular weight excluding hydrogens is 228 g/mol. The van der Waals surface area contributed by atoms with E-state index in [0.717, 1.165) is 0 Å². The number of anilines is 2. The molecule has 7 heteroatoms. The number of nitrogens with two attached hydrogens (primary N) is 1. The van der Waals surface area contributed by atoms with Crippen LogP contribution in [0.3, 0.4) is 0 Å². The van der Waals surface area contributed by atoms with Gasteiger partial charge in [-0.05, 0) is 6.92 Å². The molecule has 0 radical (unpaired) electrons. The van der Waals surface area contributed by atoms with Gasteiger partial charge in [-0.15, -0.1) is 0 Å². The van der Waals surface area contributed by atoms with Crippen molar-refractivity contribution in [3.63, 3.8) is 0 Å². The molecule has 0 aliphatic carbocycles. The fourth-order valence-electron chi connectivity index (χ4n) is 1.36. The normalized spacial score (nSPS) is 11.8. The highest BCUT2D eigenvalue weighted by Gasteiger charge is 2.16. The van der Waals surface area contributed by atoms with E-state index in [9.17, 15) is 8.78 Å². The summed E-state index contributed by atoms with van der Waals surface area (Å²) < 4.78 is 26.6. The van der Waals surface area contributed by atoms with E-state index in [1.807, 2.05) is 11.5 Å². The molecule has 0 saturated heterocycles. The molecule has 1 aromatic rings. The van der Waals surface area contributed by atoms with Crippen molar-refractivity contribution >= 4 is 11.6 Å². The number of nitrogen functional groups attached to an aromatic ring is 1. The van der Waals surface area contributed by atoms with Crippen LogP contribution in [-0.4, -0.2) is 18.6 Å². The van der Waals surface area contributed by atoms with Crippen LogP contribution in [0.4, 0.5) is 20.4 Å². The minimum absolute atomic E-state index is 0.0542. The third-order valence-electron chi connectivity index (χ3n) is 2.18. The molecule has 1 unspecified atom stereocenters. The van der Waals surface area contributed by atoms with E-state index in [1.165, 1.54) is 4.90 Å². The van der Waals surface area contributed by atoms with E-state index in [0.29, 0.717) is 6.07 Å². The zero-order chi connectivity index (χ0) is 13.0. The smallest absolute Gasteiger partial charge is 0.178 e. The first-order valence-corrected chi connectivity index (χ1v) is 4.93. The van der Waals surface area contributed by atoms with Crippen molar-refractivity contribution in [2.75, 3.05) is 23.9 Å². The fourth-order valence-corrected chi connectivity index (χ4v) is 1.36. The number of halogens is 2. The molecule has 0 bridgehead atoms. The van der Waals surface area contributed by atoms with Gasteiger partial charge in [0.15, 0.2) is 23.3 Å². The molecule has 1 rings (SSSR count). The molecule has 1 aromatic heterocycles. The van der Waals surface area contributed by atoms with E-state index >= 15 is 0 Å². The van der Waals surface area contributed by atoms with Crippen LogP contribution in [0.1, 0.15) is 6.92 Å². The van der Waals surface area contributed by atoms with Gasteiger partial charge in [-0.2, -0.15) is 5.26 Å². The Labute approximate surface area is 97.8 Å². The Morgan fingerprint density at radius 2 is 2.24 bits per heavy atom. The van der Waals surface area contributed by atoms with Crippen molar-refractivity contribution < 1.29 is 8.78 Å². The minimum Gasteiger partial charge on any atom is -0.356 e. The highest BCUT2D eigenvalue weighted by molar-refractivity contribution is 5.48. The van der Waals surface area contributed by atoms with E-state index in [4.69, 9.17) is 11.1 Å². The topological polar surface area (TPSA) is 78.0 Å². The van der Waals surface area contributed by atoms with Crippen LogP contribution in [0.15, 0.2) is 6.07 Å². The van der Waals surface area contributed by atoms with Crippen LogP contribution in [0, 0.1) is 28.9 Å². The summed E-state index contributed by atoms with van der Waals surface area (Å²) in [4.78, 5) is 5.14. The summed E-state index contributed by atoms with van der Waals surface area (Å²) in [5, 5.41) is 8.66. The summed E-state index contributed by atoms with van der Waals surface area (Å²) in [5.74, 6) is 2.81. The average Bonchev–Trinajstić information content (AvgIpc) is 2.28. The lowest BCUT2D eigenvalue weighted by Crippen LogP contribution is -2.26. The molecule has 0 aliphatic rings. The molecule has 0 aliphatic heterocycles. The van der Waals surface area contributed by atoms with Gasteiger partial charge in [-0.25, -0.2) is 19.6 Å². The molecule has 1 atom stereocenters. The summed E-state index contributed by atoms with van der Waals surface area (Å²) in [6, 6.07) is 2.72. The van der Waals surface area contributed by atoms with Crippen LogP contribution in [0.25, 0.3) is 0 Å². The zero-order valence-corrected chi connectivity index (χ0v) is 9.54.